The lowest BCUT2D eigenvalue weighted by Crippen LogP contribution is -2.12. The highest BCUT2D eigenvalue weighted by atomic mass is 79.9. The predicted molar refractivity (Wildman–Crippen MR) is 62.0 cm³/mol. The zero-order chi connectivity index (χ0) is 9.14. The van der Waals surface area contributed by atoms with Crippen molar-refractivity contribution in [3.63, 3.8) is 0 Å². The molecule has 0 aliphatic carbocycles. The van der Waals surface area contributed by atoms with E-state index < -0.39 is 0 Å². The number of hydrogen-bond acceptors (Lipinski definition) is 1. The Labute approximate surface area is 96.5 Å². The first-order valence-corrected chi connectivity index (χ1v) is 4.53. The van der Waals surface area contributed by atoms with Crippen molar-refractivity contribution in [3.8, 4) is 0 Å². The maximum atomic E-state index is 7.08. The molecule has 0 aliphatic rings. The predicted octanol–water partition coefficient (Wildman–Crippen LogP) is 3.00. The van der Waals surface area contributed by atoms with Crippen LogP contribution in [0.5, 0.6) is 0 Å². The van der Waals surface area contributed by atoms with E-state index in [0.717, 1.165) is 10.0 Å². The highest BCUT2D eigenvalue weighted by Crippen LogP contribution is 2.23. The van der Waals surface area contributed by atoms with Crippen LogP contribution >= 0.6 is 39.9 Å². The maximum absolute atomic E-state index is 7.08. The Bertz CT molecular complexity index is 315. The van der Waals surface area contributed by atoms with Gasteiger partial charge in [-0.15, -0.1) is 12.4 Å². The second kappa shape index (κ2) is 5.47. The summed E-state index contributed by atoms with van der Waals surface area (Å²) in [6, 6.07) is 5.53. The van der Waals surface area contributed by atoms with Crippen LogP contribution in [0.4, 0.5) is 0 Å². The van der Waals surface area contributed by atoms with Crippen LogP contribution in [0.3, 0.4) is 0 Å². The van der Waals surface area contributed by atoms with Crippen molar-refractivity contribution in [2.75, 3.05) is 0 Å². The molecule has 0 radical (unpaired) electrons. The van der Waals surface area contributed by atoms with Crippen LogP contribution in [-0.2, 0) is 6.42 Å². The van der Waals surface area contributed by atoms with Gasteiger partial charge in [-0.25, -0.2) is 0 Å². The van der Waals surface area contributed by atoms with E-state index in [9.17, 15) is 0 Å². The Morgan fingerprint density at radius 1 is 1.54 bits per heavy atom. The second-order valence-corrected chi connectivity index (χ2v) is 3.71. The Morgan fingerprint density at radius 3 is 2.62 bits per heavy atom. The van der Waals surface area contributed by atoms with Gasteiger partial charge in [0.15, 0.2) is 0 Å². The number of rotatable bonds is 2. The van der Waals surface area contributed by atoms with Gasteiger partial charge < -0.3 is 5.73 Å². The van der Waals surface area contributed by atoms with E-state index in [1.807, 2.05) is 12.1 Å². The van der Waals surface area contributed by atoms with Crippen molar-refractivity contribution < 1.29 is 0 Å². The van der Waals surface area contributed by atoms with Gasteiger partial charge in [0.25, 0.3) is 0 Å². The third kappa shape index (κ3) is 3.98. The van der Waals surface area contributed by atoms with E-state index >= 15 is 0 Å². The maximum Gasteiger partial charge on any atom is 0.0950 e. The molecule has 0 aromatic heterocycles. The molecule has 0 spiro atoms. The minimum atomic E-state index is 0. The smallest absolute Gasteiger partial charge is 0.0950 e. The van der Waals surface area contributed by atoms with Gasteiger partial charge in [0.2, 0.25) is 0 Å². The summed E-state index contributed by atoms with van der Waals surface area (Å²) in [5.74, 6) is 0.147. The molecule has 0 unspecified atom stereocenters. The van der Waals surface area contributed by atoms with Gasteiger partial charge >= 0.3 is 0 Å². The summed E-state index contributed by atoms with van der Waals surface area (Å²) in [5, 5.41) is 7.73. The van der Waals surface area contributed by atoms with Gasteiger partial charge in [-0.05, 0) is 33.6 Å². The standard InChI is InChI=1S/C8H8BrClN2.ClH/c9-6-2-1-5(3-7(6)10)4-8(11)12;/h1-3H,4H2,(H3,11,12);1H. The van der Waals surface area contributed by atoms with E-state index in [4.69, 9.17) is 22.7 Å². The van der Waals surface area contributed by atoms with Crippen LogP contribution in [0.25, 0.3) is 0 Å². The summed E-state index contributed by atoms with van der Waals surface area (Å²) in [6.45, 7) is 0. The number of nitrogens with two attached hydrogens (primary N) is 1. The normalized spacial score (nSPS) is 9.08. The first-order valence-electron chi connectivity index (χ1n) is 3.36. The number of amidine groups is 1. The third-order valence-corrected chi connectivity index (χ3v) is 2.61. The van der Waals surface area contributed by atoms with Gasteiger partial charge in [-0.2, -0.15) is 0 Å². The molecule has 1 aromatic rings. The molecule has 0 saturated carbocycles. The minimum absolute atomic E-state index is 0. The summed E-state index contributed by atoms with van der Waals surface area (Å²) in [7, 11) is 0. The molecule has 0 saturated heterocycles. The van der Waals surface area contributed by atoms with Crippen LogP contribution in [0, 0.1) is 5.41 Å². The third-order valence-electron chi connectivity index (χ3n) is 1.38. The lowest BCUT2D eigenvalue weighted by atomic mass is 10.1. The fourth-order valence-electron chi connectivity index (χ4n) is 0.870. The average Bonchev–Trinajstić information content (AvgIpc) is 1.96. The first kappa shape index (κ1) is 12.8. The Hall–Kier alpha value is -0.250. The molecule has 0 heterocycles. The zero-order valence-corrected chi connectivity index (χ0v) is 9.84. The topological polar surface area (TPSA) is 49.9 Å². The van der Waals surface area contributed by atoms with Crippen molar-refractivity contribution in [3.05, 3.63) is 33.3 Å². The molecule has 0 fully saturated rings. The van der Waals surface area contributed by atoms with Crippen LogP contribution in [0.15, 0.2) is 22.7 Å². The summed E-state index contributed by atoms with van der Waals surface area (Å²) >= 11 is 9.12. The number of halogens is 3. The molecule has 5 heteroatoms. The lowest BCUT2D eigenvalue weighted by Gasteiger charge is -2.01. The Kier molecular flexibility index (Phi) is 5.37. The van der Waals surface area contributed by atoms with Gasteiger partial charge in [0.1, 0.15) is 0 Å². The monoisotopic (exact) mass is 282 g/mol. The fourth-order valence-corrected chi connectivity index (χ4v) is 1.32. The van der Waals surface area contributed by atoms with E-state index in [-0.39, 0.29) is 18.2 Å². The van der Waals surface area contributed by atoms with Crippen molar-refractivity contribution in [1.29, 1.82) is 5.41 Å². The van der Waals surface area contributed by atoms with E-state index in [1.54, 1.807) is 6.07 Å². The fraction of sp³-hybridized carbons (Fsp3) is 0.125. The summed E-state index contributed by atoms with van der Waals surface area (Å²) < 4.78 is 0.858. The first-order chi connectivity index (χ1) is 5.59. The van der Waals surface area contributed by atoms with Crippen LogP contribution in [-0.4, -0.2) is 5.84 Å². The molecule has 13 heavy (non-hydrogen) atoms. The van der Waals surface area contributed by atoms with Crippen LogP contribution in [0.1, 0.15) is 5.56 Å². The lowest BCUT2D eigenvalue weighted by molar-refractivity contribution is 1.24. The molecular weight excluding hydrogens is 275 g/mol. The van der Waals surface area contributed by atoms with Crippen molar-refractivity contribution in [2.24, 2.45) is 5.73 Å². The molecular formula is C8H9BrCl2N2. The van der Waals surface area contributed by atoms with E-state index in [1.165, 1.54) is 0 Å². The summed E-state index contributed by atoms with van der Waals surface area (Å²) in [4.78, 5) is 0. The molecule has 0 amide bonds. The van der Waals surface area contributed by atoms with Gasteiger partial charge in [0, 0.05) is 10.9 Å². The van der Waals surface area contributed by atoms with Crippen molar-refractivity contribution >= 4 is 45.8 Å². The number of hydrogen-bond donors (Lipinski definition) is 2. The summed E-state index contributed by atoms with van der Waals surface area (Å²) in [6.07, 6.45) is 0.451. The van der Waals surface area contributed by atoms with Crippen LogP contribution in [0.2, 0.25) is 5.02 Å². The molecule has 0 bridgehead atoms. The molecule has 1 rings (SSSR count). The van der Waals surface area contributed by atoms with E-state index in [2.05, 4.69) is 15.9 Å². The van der Waals surface area contributed by atoms with E-state index in [0.29, 0.717) is 11.4 Å². The van der Waals surface area contributed by atoms with Gasteiger partial charge in [0.05, 0.1) is 10.9 Å². The SMILES string of the molecule is Cl.N=C(N)Cc1ccc(Br)c(Cl)c1. The molecule has 0 aliphatic heterocycles. The quantitative estimate of drug-likeness (QED) is 0.636. The van der Waals surface area contributed by atoms with Crippen molar-refractivity contribution in [1.82, 2.24) is 0 Å². The average molecular weight is 284 g/mol. The Morgan fingerprint density at radius 2 is 2.15 bits per heavy atom. The number of nitrogens with one attached hydrogen (secondary N) is 1. The van der Waals surface area contributed by atoms with Gasteiger partial charge in [-0.1, -0.05) is 17.7 Å². The molecule has 2 nitrogen and oxygen atoms in total. The largest absolute Gasteiger partial charge is 0.387 e. The number of benzene rings is 1. The second-order valence-electron chi connectivity index (χ2n) is 2.45. The van der Waals surface area contributed by atoms with Crippen molar-refractivity contribution in [2.45, 2.75) is 6.42 Å². The highest BCUT2D eigenvalue weighted by Gasteiger charge is 1.99. The zero-order valence-electron chi connectivity index (χ0n) is 6.68. The molecule has 3 N–H and O–H groups in total. The molecule has 0 atom stereocenters. The highest BCUT2D eigenvalue weighted by molar-refractivity contribution is 9.10. The molecule has 72 valence electrons. The van der Waals surface area contributed by atoms with Gasteiger partial charge in [-0.3, -0.25) is 5.41 Å². The minimum Gasteiger partial charge on any atom is -0.387 e. The molecule has 1 aromatic carbocycles. The summed E-state index contributed by atoms with van der Waals surface area (Å²) in [5.41, 5.74) is 6.20. The van der Waals surface area contributed by atoms with Crippen LogP contribution < -0.4 is 5.73 Å². The Balaban J connectivity index is 0.00000144.